The zero-order valence-corrected chi connectivity index (χ0v) is 25.8. The molecule has 10 nitrogen and oxygen atoms in total. The number of amides is 3. The molecule has 0 saturated carbocycles. The van der Waals surface area contributed by atoms with E-state index in [1.54, 1.807) is 66.7 Å². The van der Waals surface area contributed by atoms with Gasteiger partial charge in [0.25, 0.3) is 27.8 Å². The van der Waals surface area contributed by atoms with Crippen LogP contribution in [-0.4, -0.2) is 65.4 Å². The van der Waals surface area contributed by atoms with Gasteiger partial charge in [0.15, 0.2) is 0 Å². The van der Waals surface area contributed by atoms with Crippen LogP contribution in [0.2, 0.25) is 5.02 Å². The Morgan fingerprint density at radius 3 is 1.71 bits per heavy atom. The Hall–Kier alpha value is -4.75. The Kier molecular flexibility index (Phi) is 10.2. The Bertz CT molecular complexity index is 2370. The van der Waals surface area contributed by atoms with E-state index >= 15 is 0 Å². The molecule has 0 aliphatic carbocycles. The summed E-state index contributed by atoms with van der Waals surface area (Å²) in [4.78, 5) is 40.0. The average molecular weight is 690 g/mol. The number of hydrogen-bond donors (Lipinski definition) is 5. The van der Waals surface area contributed by atoms with Crippen LogP contribution >= 0.6 is 11.6 Å². The second kappa shape index (κ2) is 14.2. The molecule has 0 saturated heterocycles. The van der Waals surface area contributed by atoms with Crippen molar-refractivity contribution in [1.82, 2.24) is 0 Å². The minimum absolute atomic E-state index is 0. The van der Waals surface area contributed by atoms with Gasteiger partial charge in [0.1, 0.15) is 5.75 Å². The van der Waals surface area contributed by atoms with Gasteiger partial charge >= 0.3 is 29.6 Å². The summed E-state index contributed by atoms with van der Waals surface area (Å²) in [5, 5.41) is 20.9. The van der Waals surface area contributed by atoms with Gasteiger partial charge in [0.05, 0.1) is 4.90 Å². The van der Waals surface area contributed by atoms with Crippen LogP contribution in [-0.2, 0) is 10.1 Å². The number of rotatable bonds is 7. The van der Waals surface area contributed by atoms with Gasteiger partial charge in [-0.2, -0.15) is 8.42 Å². The molecular formula is C35H25ClN3NaO7S. The van der Waals surface area contributed by atoms with Crippen molar-refractivity contribution in [2.45, 2.75) is 4.90 Å². The first-order valence-corrected chi connectivity index (χ1v) is 15.8. The fourth-order valence-electron chi connectivity index (χ4n) is 5.10. The van der Waals surface area contributed by atoms with Crippen LogP contribution in [0.1, 0.15) is 31.1 Å². The first kappa shape index (κ1) is 34.6. The van der Waals surface area contributed by atoms with Crippen molar-refractivity contribution in [3.05, 3.63) is 137 Å². The zero-order chi connectivity index (χ0) is 33.3. The van der Waals surface area contributed by atoms with E-state index in [0.29, 0.717) is 37.9 Å². The number of phenolic OH excluding ortho intramolecular Hbond substituents is 1. The Labute approximate surface area is 301 Å². The third-order valence-electron chi connectivity index (χ3n) is 7.31. The van der Waals surface area contributed by atoms with Crippen molar-refractivity contribution in [3.8, 4) is 5.75 Å². The van der Waals surface area contributed by atoms with E-state index in [9.17, 15) is 32.5 Å². The van der Waals surface area contributed by atoms with Crippen molar-refractivity contribution < 1.29 is 32.5 Å². The standard InChI is InChI=1S/C35H24ClN3O7S.Na.H/c36-25-7-1-6-22(15-25)33(41)37-26-16-23(34(42)38-31-8-2-4-20-18-27(40)10-12-29(20)31)14-24(17-26)35(43)39-32-9-3-5-21-19-28(47(44,45)46)11-13-30(21)32;;/h1-19,40H,(H,37,41)(H,38,42)(H,39,43)(H,44,45,46);;. The SMILES string of the molecule is O=C(Nc1cc(C(=O)Nc2cccc3cc(O)ccc23)cc(C(=O)Nc2cccc3cc(S(=O)(=O)O)ccc23)c1)c1cccc(Cl)c1.[NaH]. The van der Waals surface area contributed by atoms with Crippen LogP contribution in [0.15, 0.2) is 120 Å². The molecule has 0 radical (unpaired) electrons. The summed E-state index contributed by atoms with van der Waals surface area (Å²) in [6.45, 7) is 0. The molecule has 0 aromatic heterocycles. The van der Waals surface area contributed by atoms with E-state index in [-0.39, 0.29) is 62.6 Å². The summed E-state index contributed by atoms with van der Waals surface area (Å²) in [6.07, 6.45) is 0. The van der Waals surface area contributed by atoms with Gasteiger partial charge in [-0.15, -0.1) is 0 Å². The van der Waals surface area contributed by atoms with Crippen molar-refractivity contribution in [3.63, 3.8) is 0 Å². The van der Waals surface area contributed by atoms with Gasteiger partial charge in [0.2, 0.25) is 0 Å². The number of aromatic hydroxyl groups is 1. The molecule has 0 atom stereocenters. The van der Waals surface area contributed by atoms with Crippen LogP contribution in [0.5, 0.6) is 5.75 Å². The summed E-state index contributed by atoms with van der Waals surface area (Å²) in [5.41, 5.74) is 1.32. The summed E-state index contributed by atoms with van der Waals surface area (Å²) < 4.78 is 32.7. The molecule has 13 heteroatoms. The van der Waals surface area contributed by atoms with Crippen LogP contribution in [0.3, 0.4) is 0 Å². The van der Waals surface area contributed by atoms with Gasteiger partial charge in [-0.3, -0.25) is 18.9 Å². The number of halogens is 1. The summed E-state index contributed by atoms with van der Waals surface area (Å²) in [7, 11) is -4.44. The van der Waals surface area contributed by atoms with Gasteiger partial charge in [0, 0.05) is 49.5 Å². The molecule has 6 aromatic rings. The van der Waals surface area contributed by atoms with E-state index in [0.717, 1.165) is 0 Å². The van der Waals surface area contributed by atoms with Gasteiger partial charge < -0.3 is 21.1 Å². The molecular weight excluding hydrogens is 665 g/mol. The number of fused-ring (bicyclic) bond motifs is 2. The van der Waals surface area contributed by atoms with E-state index in [2.05, 4.69) is 16.0 Å². The monoisotopic (exact) mass is 689 g/mol. The topological polar surface area (TPSA) is 162 Å². The summed E-state index contributed by atoms with van der Waals surface area (Å²) in [6, 6.07) is 29.3. The maximum atomic E-state index is 13.6. The van der Waals surface area contributed by atoms with Crippen LogP contribution in [0.4, 0.5) is 17.1 Å². The molecule has 0 unspecified atom stereocenters. The van der Waals surface area contributed by atoms with Crippen molar-refractivity contribution in [2.24, 2.45) is 0 Å². The fourth-order valence-corrected chi connectivity index (χ4v) is 5.80. The van der Waals surface area contributed by atoms with Gasteiger partial charge in [-0.05, 0) is 89.6 Å². The van der Waals surface area contributed by atoms with E-state index < -0.39 is 27.8 Å². The molecule has 0 heterocycles. The second-order valence-electron chi connectivity index (χ2n) is 10.5. The number of carbonyl (C=O) groups excluding carboxylic acids is 3. The van der Waals surface area contributed by atoms with E-state index in [1.165, 1.54) is 48.5 Å². The van der Waals surface area contributed by atoms with Crippen LogP contribution < -0.4 is 16.0 Å². The minimum atomic E-state index is -4.44. The normalized spacial score (nSPS) is 11.0. The van der Waals surface area contributed by atoms with Crippen LogP contribution in [0.25, 0.3) is 21.5 Å². The molecule has 6 aromatic carbocycles. The molecule has 0 aliphatic rings. The first-order valence-electron chi connectivity index (χ1n) is 14.0. The van der Waals surface area contributed by atoms with E-state index in [4.69, 9.17) is 11.6 Å². The van der Waals surface area contributed by atoms with Crippen molar-refractivity contribution in [1.29, 1.82) is 0 Å². The first-order chi connectivity index (χ1) is 22.4. The quantitative estimate of drug-likeness (QED) is 0.0920. The Morgan fingerprint density at radius 1 is 0.583 bits per heavy atom. The summed E-state index contributed by atoms with van der Waals surface area (Å²) in [5.74, 6) is -1.63. The van der Waals surface area contributed by atoms with Gasteiger partial charge in [-0.1, -0.05) is 48.0 Å². The molecule has 0 fully saturated rings. The predicted molar refractivity (Wildman–Crippen MR) is 188 cm³/mol. The molecule has 0 spiro atoms. The molecule has 3 amide bonds. The molecule has 236 valence electrons. The third kappa shape index (κ3) is 7.69. The Balaban J connectivity index is 0.00000451. The van der Waals surface area contributed by atoms with Crippen molar-refractivity contribution in [2.75, 3.05) is 16.0 Å². The Morgan fingerprint density at radius 2 is 1.12 bits per heavy atom. The molecule has 0 aliphatic heterocycles. The molecule has 5 N–H and O–H groups in total. The molecule has 6 rings (SSSR count). The number of nitrogens with one attached hydrogen (secondary N) is 3. The number of phenols is 1. The second-order valence-corrected chi connectivity index (χ2v) is 12.4. The average Bonchev–Trinajstić information content (AvgIpc) is 3.04. The number of benzene rings is 6. The van der Waals surface area contributed by atoms with E-state index in [1.807, 2.05) is 0 Å². The van der Waals surface area contributed by atoms with Crippen LogP contribution in [0, 0.1) is 0 Å². The van der Waals surface area contributed by atoms with Crippen molar-refractivity contribution >= 4 is 108 Å². The fraction of sp³-hybridized carbons (Fsp3) is 0. The predicted octanol–water partition coefficient (Wildman–Crippen LogP) is 6.71. The summed E-state index contributed by atoms with van der Waals surface area (Å²) >= 11 is 6.06. The molecule has 0 bridgehead atoms. The third-order valence-corrected chi connectivity index (χ3v) is 8.40. The number of hydrogen-bond acceptors (Lipinski definition) is 6. The van der Waals surface area contributed by atoms with Gasteiger partial charge in [-0.25, -0.2) is 0 Å². The number of carbonyl (C=O) groups is 3. The number of anilines is 3. The molecule has 48 heavy (non-hydrogen) atoms. The maximum absolute atomic E-state index is 13.6. The zero-order valence-electron chi connectivity index (χ0n) is 24.2.